The lowest BCUT2D eigenvalue weighted by atomic mass is 9.70. The molecule has 0 spiro atoms. The van der Waals surface area contributed by atoms with Crippen molar-refractivity contribution in [1.82, 2.24) is 9.88 Å². The Balaban J connectivity index is 1.48. The molecule has 158 valence electrons. The lowest BCUT2D eigenvalue weighted by Crippen LogP contribution is -2.65. The van der Waals surface area contributed by atoms with Crippen LogP contribution in [0.25, 0.3) is 0 Å². The first-order valence-electron chi connectivity index (χ1n) is 11.2. The average molecular weight is 408 g/mol. The van der Waals surface area contributed by atoms with E-state index in [1.165, 1.54) is 11.8 Å². The molecule has 0 aliphatic carbocycles. The van der Waals surface area contributed by atoms with Crippen LogP contribution in [-0.4, -0.2) is 41.0 Å². The quantitative estimate of drug-likeness (QED) is 0.762. The lowest BCUT2D eigenvalue weighted by molar-refractivity contribution is -0.148. The summed E-state index contributed by atoms with van der Waals surface area (Å²) < 4.78 is 13.8. The number of amides is 1. The van der Waals surface area contributed by atoms with Gasteiger partial charge in [-0.1, -0.05) is 12.1 Å². The van der Waals surface area contributed by atoms with Gasteiger partial charge in [0, 0.05) is 48.7 Å². The number of hydrogen-bond acceptors (Lipinski definition) is 3. The number of pyridine rings is 1. The number of hydrogen-bond donors (Lipinski definition) is 0. The number of nitrogens with zero attached hydrogens (tertiary/aromatic N) is 3. The van der Waals surface area contributed by atoms with Gasteiger partial charge in [-0.2, -0.15) is 0 Å². The largest absolute Gasteiger partial charge is 0.371 e. The fourth-order valence-corrected chi connectivity index (χ4v) is 6.15. The highest BCUT2D eigenvalue weighted by Crippen LogP contribution is 2.43. The third-order valence-electron chi connectivity index (χ3n) is 7.26. The molecule has 0 saturated carbocycles. The molecule has 30 heavy (non-hydrogen) atoms. The van der Waals surface area contributed by atoms with Gasteiger partial charge >= 0.3 is 0 Å². The summed E-state index contributed by atoms with van der Waals surface area (Å²) in [6, 6.07) is 11.7. The third-order valence-corrected chi connectivity index (χ3v) is 7.26. The van der Waals surface area contributed by atoms with Gasteiger partial charge in [-0.15, -0.1) is 0 Å². The van der Waals surface area contributed by atoms with Crippen LogP contribution < -0.4 is 4.90 Å². The van der Waals surface area contributed by atoms with Crippen molar-refractivity contribution in [3.63, 3.8) is 0 Å². The monoisotopic (exact) mass is 407 g/mol. The van der Waals surface area contributed by atoms with Crippen LogP contribution in [0.1, 0.15) is 42.6 Å². The molecular weight excluding hydrogens is 377 g/mol. The highest BCUT2D eigenvalue weighted by Gasteiger charge is 2.49. The molecule has 0 unspecified atom stereocenters. The molecule has 1 amide bonds. The van der Waals surface area contributed by atoms with Gasteiger partial charge in [0.05, 0.1) is 0 Å². The van der Waals surface area contributed by atoms with Gasteiger partial charge in [0.1, 0.15) is 5.82 Å². The number of anilines is 1. The second-order valence-corrected chi connectivity index (χ2v) is 9.43. The number of aryl methyl sites for hydroxylation is 2. The van der Waals surface area contributed by atoms with Gasteiger partial charge in [0.15, 0.2) is 0 Å². The van der Waals surface area contributed by atoms with Gasteiger partial charge in [-0.3, -0.25) is 9.78 Å². The van der Waals surface area contributed by atoms with E-state index in [4.69, 9.17) is 0 Å². The molecule has 0 radical (unpaired) electrons. The number of benzene rings is 1. The summed E-state index contributed by atoms with van der Waals surface area (Å²) >= 11 is 0. The first kappa shape index (κ1) is 19.5. The van der Waals surface area contributed by atoms with E-state index in [1.807, 2.05) is 6.07 Å². The zero-order valence-electron chi connectivity index (χ0n) is 17.9. The molecule has 4 atom stereocenters. The predicted molar refractivity (Wildman–Crippen MR) is 116 cm³/mol. The number of fused-ring (bicyclic) bond motifs is 4. The van der Waals surface area contributed by atoms with E-state index in [2.05, 4.69) is 40.8 Å². The molecule has 5 heteroatoms. The van der Waals surface area contributed by atoms with Crippen molar-refractivity contribution in [2.75, 3.05) is 18.0 Å². The first-order chi connectivity index (χ1) is 14.5. The molecule has 4 heterocycles. The number of piperidine rings is 3. The van der Waals surface area contributed by atoms with E-state index in [0.717, 1.165) is 55.7 Å². The summed E-state index contributed by atoms with van der Waals surface area (Å²) in [7, 11) is 0. The molecule has 0 N–H and O–H groups in total. The maximum Gasteiger partial charge on any atom is 0.223 e. The minimum atomic E-state index is -0.198. The summed E-state index contributed by atoms with van der Waals surface area (Å²) in [5, 5.41) is 0. The summed E-state index contributed by atoms with van der Waals surface area (Å²) in [6.45, 7) is 6.04. The molecule has 3 aliphatic heterocycles. The molecule has 3 saturated heterocycles. The zero-order chi connectivity index (χ0) is 20.8. The van der Waals surface area contributed by atoms with Crippen molar-refractivity contribution < 1.29 is 9.18 Å². The Morgan fingerprint density at radius 2 is 1.87 bits per heavy atom. The van der Waals surface area contributed by atoms with Crippen LogP contribution in [0.5, 0.6) is 0 Å². The molecule has 2 bridgehead atoms. The molecule has 3 aliphatic rings. The number of rotatable bonds is 3. The SMILES string of the molecule is Cc1cc(N2C[C@H]3C[C@@H](C2)[C@H](Cc2cccc(F)c2)N2C(=O)CCC[C@@H]32)cc(C)n1. The van der Waals surface area contributed by atoms with Crippen molar-refractivity contribution in [2.45, 2.75) is 58.0 Å². The van der Waals surface area contributed by atoms with Gasteiger partial charge in [0.25, 0.3) is 0 Å². The summed E-state index contributed by atoms with van der Waals surface area (Å²) in [6.07, 6.45) is 4.63. The second-order valence-electron chi connectivity index (χ2n) is 9.43. The minimum Gasteiger partial charge on any atom is -0.371 e. The minimum absolute atomic E-state index is 0.146. The van der Waals surface area contributed by atoms with Crippen molar-refractivity contribution in [3.05, 3.63) is 59.2 Å². The Kier molecular flexibility index (Phi) is 5.00. The Morgan fingerprint density at radius 3 is 2.63 bits per heavy atom. The van der Waals surface area contributed by atoms with Crippen molar-refractivity contribution in [3.8, 4) is 0 Å². The van der Waals surface area contributed by atoms with Gasteiger partial charge in [0.2, 0.25) is 5.91 Å². The van der Waals surface area contributed by atoms with Crippen LogP contribution in [-0.2, 0) is 11.2 Å². The smallest absolute Gasteiger partial charge is 0.223 e. The Bertz CT molecular complexity index is 941. The normalized spacial score (nSPS) is 28.4. The maximum atomic E-state index is 13.8. The summed E-state index contributed by atoms with van der Waals surface area (Å²) in [4.78, 5) is 22.3. The zero-order valence-corrected chi connectivity index (χ0v) is 17.9. The predicted octanol–water partition coefficient (Wildman–Crippen LogP) is 4.29. The van der Waals surface area contributed by atoms with E-state index in [9.17, 15) is 9.18 Å². The average Bonchev–Trinajstić information content (AvgIpc) is 2.70. The molecule has 2 aromatic rings. The van der Waals surface area contributed by atoms with Gasteiger partial charge < -0.3 is 9.80 Å². The van der Waals surface area contributed by atoms with E-state index in [1.54, 1.807) is 12.1 Å². The summed E-state index contributed by atoms with van der Waals surface area (Å²) in [5.74, 6) is 1.01. The molecule has 1 aromatic carbocycles. The van der Waals surface area contributed by atoms with E-state index in [0.29, 0.717) is 30.2 Å². The molecule has 4 nitrogen and oxygen atoms in total. The van der Waals surface area contributed by atoms with Crippen molar-refractivity contribution in [1.29, 1.82) is 0 Å². The highest BCUT2D eigenvalue weighted by atomic mass is 19.1. The number of aromatic nitrogens is 1. The maximum absolute atomic E-state index is 13.8. The van der Waals surface area contributed by atoms with Gasteiger partial charge in [-0.25, -0.2) is 4.39 Å². The van der Waals surface area contributed by atoms with E-state index < -0.39 is 0 Å². The van der Waals surface area contributed by atoms with E-state index in [-0.39, 0.29) is 11.9 Å². The van der Waals surface area contributed by atoms with Crippen LogP contribution in [0.4, 0.5) is 10.1 Å². The fourth-order valence-electron chi connectivity index (χ4n) is 6.15. The number of carbonyl (C=O) groups excluding carboxylic acids is 1. The van der Waals surface area contributed by atoms with Gasteiger partial charge in [-0.05, 0) is 81.2 Å². The van der Waals surface area contributed by atoms with E-state index >= 15 is 0 Å². The Morgan fingerprint density at radius 1 is 1.10 bits per heavy atom. The van der Waals surface area contributed by atoms with Crippen molar-refractivity contribution >= 4 is 11.6 Å². The number of halogens is 1. The summed E-state index contributed by atoms with van der Waals surface area (Å²) in [5.41, 5.74) is 4.33. The molecule has 5 rings (SSSR count). The Labute approximate surface area is 178 Å². The number of carbonyl (C=O) groups is 1. The first-order valence-corrected chi connectivity index (χ1v) is 11.2. The molecule has 3 fully saturated rings. The topological polar surface area (TPSA) is 36.4 Å². The van der Waals surface area contributed by atoms with Crippen LogP contribution in [0.3, 0.4) is 0 Å². The lowest BCUT2D eigenvalue weighted by Gasteiger charge is -2.57. The van der Waals surface area contributed by atoms with Crippen LogP contribution in [0.2, 0.25) is 0 Å². The van der Waals surface area contributed by atoms with Crippen LogP contribution >= 0.6 is 0 Å². The van der Waals surface area contributed by atoms with Crippen LogP contribution in [0.15, 0.2) is 36.4 Å². The van der Waals surface area contributed by atoms with Crippen LogP contribution in [0, 0.1) is 31.5 Å². The molecular formula is C25H30FN3O. The highest BCUT2D eigenvalue weighted by molar-refractivity contribution is 5.78. The second kappa shape index (κ2) is 7.68. The Hall–Kier alpha value is -2.43. The third kappa shape index (κ3) is 3.59. The van der Waals surface area contributed by atoms with Crippen molar-refractivity contribution in [2.24, 2.45) is 11.8 Å². The fraction of sp³-hybridized carbons (Fsp3) is 0.520. The standard InChI is InChI=1S/C25H30FN3O/c1-16-9-22(10-17(2)27-16)28-14-19-13-20(15-28)24(12-18-5-3-6-21(26)11-18)29-23(19)7-4-8-25(29)30/h3,5-6,9-11,19-20,23-24H,4,7-8,12-15H2,1-2H3/t19-,20+,23+,24+/m1/s1. The molecule has 1 aromatic heterocycles.